The molecule has 0 aliphatic heterocycles. The van der Waals surface area contributed by atoms with Crippen molar-refractivity contribution in [1.82, 2.24) is 0 Å². The van der Waals surface area contributed by atoms with Crippen molar-refractivity contribution in [3.05, 3.63) is 0 Å². The first-order valence-corrected chi connectivity index (χ1v) is 11.9. The molecule has 0 aromatic rings. The molecule has 0 aromatic carbocycles. The zero-order chi connectivity index (χ0) is 20.6. The maximum atomic E-state index is 2.28. The van der Waals surface area contributed by atoms with Crippen LogP contribution in [-0.4, -0.2) is 0 Å². The van der Waals surface area contributed by atoms with E-state index in [1.54, 1.807) is 0 Å². The molecule has 3 aliphatic carbocycles. The topological polar surface area (TPSA) is 0 Å². The Morgan fingerprint density at radius 1 is 0.333 bits per heavy atom. The lowest BCUT2D eigenvalue weighted by Gasteiger charge is -2.05. The minimum absolute atomic E-state index is 1.08. The molecule has 3 aliphatic rings. The molecule has 0 radical (unpaired) electrons. The maximum absolute atomic E-state index is 2.28. The lowest BCUT2D eigenvalue weighted by atomic mass is 10.0. The molecule has 0 heteroatoms. The molecule has 24 heavy (non-hydrogen) atoms. The minimum Gasteiger partial charge on any atom is -0.0683 e. The molecule has 0 saturated heterocycles. The third kappa shape index (κ3) is 80.2. The molecule has 3 saturated carbocycles. The van der Waals surface area contributed by atoms with Crippen LogP contribution in [0.25, 0.3) is 0 Å². The normalized spacial score (nSPS) is 13.9. The van der Waals surface area contributed by atoms with Crippen LogP contribution in [0.15, 0.2) is 0 Å². The molecule has 0 unspecified atom stereocenters. The minimum atomic E-state index is 1.08. The fourth-order valence-corrected chi connectivity index (χ4v) is 0.667. The molecule has 156 valence electrons. The van der Waals surface area contributed by atoms with E-state index in [2.05, 4.69) is 6.92 Å². The number of hydrogen-bond donors (Lipinski definition) is 0. The Hall–Kier alpha value is 0. The molecule has 0 spiro atoms. The second kappa shape index (κ2) is 65.9. The summed E-state index contributed by atoms with van der Waals surface area (Å²) in [4.78, 5) is 0. The molecule has 0 atom stereocenters. The Morgan fingerprint density at radius 3 is 0.417 bits per heavy atom. The van der Waals surface area contributed by atoms with Gasteiger partial charge in [-0.05, 0) is 5.92 Å². The smallest absolute Gasteiger partial charge is 0.0443 e. The van der Waals surface area contributed by atoms with Crippen LogP contribution in [0.1, 0.15) is 154 Å². The highest BCUT2D eigenvalue weighted by molar-refractivity contribution is 4.65. The Kier molecular flexibility index (Phi) is 108. The molecule has 0 N–H and O–H groups in total. The lowest BCUT2D eigenvalue weighted by molar-refractivity contribution is 0.504. The van der Waals surface area contributed by atoms with Crippen LogP contribution >= 0.6 is 0 Å². The van der Waals surface area contributed by atoms with Crippen molar-refractivity contribution in [2.45, 2.75) is 154 Å². The van der Waals surface area contributed by atoms with E-state index in [0.29, 0.717) is 0 Å². The van der Waals surface area contributed by atoms with Crippen molar-refractivity contribution in [3.63, 3.8) is 0 Å². The van der Waals surface area contributed by atoms with Gasteiger partial charge in [0.1, 0.15) is 0 Å². The van der Waals surface area contributed by atoms with E-state index < -0.39 is 0 Å². The van der Waals surface area contributed by atoms with Gasteiger partial charge < -0.3 is 0 Å². The van der Waals surface area contributed by atoms with Gasteiger partial charge in [-0.3, -0.25) is 0 Å². The second-order valence-corrected chi connectivity index (χ2v) is 4.51. The molecular weight excluding hydrogens is 288 g/mol. The fraction of sp³-hybridized carbons (Fsp3) is 1.00. The van der Waals surface area contributed by atoms with Gasteiger partial charge in [-0.15, -0.1) is 0 Å². The van der Waals surface area contributed by atoms with Gasteiger partial charge in [-0.25, -0.2) is 0 Å². The zero-order valence-electron chi connectivity index (χ0n) is 20.6. The van der Waals surface area contributed by atoms with E-state index in [-0.39, 0.29) is 0 Å². The fourth-order valence-electron chi connectivity index (χ4n) is 0.667. The maximum Gasteiger partial charge on any atom is -0.0443 e. The van der Waals surface area contributed by atoms with Gasteiger partial charge in [0, 0.05) is 0 Å². The van der Waals surface area contributed by atoms with Crippen LogP contribution in [0.2, 0.25) is 0 Å². The summed E-state index contributed by atoms with van der Waals surface area (Å²) in [6, 6.07) is 0. The number of hydrogen-bond acceptors (Lipinski definition) is 0. The Morgan fingerprint density at radius 2 is 0.417 bits per heavy atom. The molecule has 0 aromatic heterocycles. The van der Waals surface area contributed by atoms with Crippen LogP contribution in [-0.2, 0) is 0 Å². The summed E-state index contributed by atoms with van der Waals surface area (Å²) in [5.41, 5.74) is 0. The average Bonchev–Trinajstić information content (AvgIpc) is 3.38. The molecule has 0 bridgehead atoms. The van der Waals surface area contributed by atoms with Gasteiger partial charge in [0.15, 0.2) is 0 Å². The van der Waals surface area contributed by atoms with E-state index in [1.807, 2.05) is 83.1 Å². The average molecular weight is 349 g/mol. The first-order valence-electron chi connectivity index (χ1n) is 11.9. The van der Waals surface area contributed by atoms with E-state index in [1.165, 1.54) is 64.2 Å². The van der Waals surface area contributed by atoms with Gasteiger partial charge in [0.05, 0.1) is 0 Å². The van der Waals surface area contributed by atoms with Crippen molar-refractivity contribution in [2.24, 2.45) is 5.92 Å². The van der Waals surface area contributed by atoms with Crippen molar-refractivity contribution in [1.29, 1.82) is 0 Å². The third-order valence-corrected chi connectivity index (χ3v) is 2.87. The zero-order valence-corrected chi connectivity index (χ0v) is 20.6. The monoisotopic (exact) mass is 348 g/mol. The summed E-state index contributed by atoms with van der Waals surface area (Å²) in [5.74, 6) is 1.08. The Balaban J connectivity index is -0.0000000393. The quantitative estimate of drug-likeness (QED) is 0.408. The first kappa shape index (κ1) is 39.2. The van der Waals surface area contributed by atoms with Crippen molar-refractivity contribution < 1.29 is 0 Å². The van der Waals surface area contributed by atoms with Gasteiger partial charge in [-0.2, -0.15) is 0 Å². The standard InChI is InChI=1S/3C4H8.6C2H6/c1-4-2-3-4;2*1-2-4-3-1;6*1-2/h4H,2-3H2,1H3;2*1-4H2;6*1-2H3. The van der Waals surface area contributed by atoms with Gasteiger partial charge in [-0.1, -0.05) is 154 Å². The summed E-state index contributed by atoms with van der Waals surface area (Å²) >= 11 is 0. The van der Waals surface area contributed by atoms with E-state index in [0.717, 1.165) is 5.92 Å². The number of rotatable bonds is 0. The van der Waals surface area contributed by atoms with Crippen LogP contribution in [0.3, 0.4) is 0 Å². The van der Waals surface area contributed by atoms with Crippen molar-refractivity contribution in [2.75, 3.05) is 0 Å². The predicted molar refractivity (Wildman–Crippen MR) is 123 cm³/mol. The highest BCUT2D eigenvalue weighted by atomic mass is 14.2. The van der Waals surface area contributed by atoms with E-state index >= 15 is 0 Å². The third-order valence-electron chi connectivity index (χ3n) is 2.87. The molecule has 3 rings (SSSR count). The summed E-state index contributed by atoms with van der Waals surface area (Å²) in [6.45, 7) is 26.3. The summed E-state index contributed by atoms with van der Waals surface area (Å²) in [6.07, 6.45) is 15.0. The van der Waals surface area contributed by atoms with Crippen LogP contribution in [0, 0.1) is 5.92 Å². The highest BCUT2D eigenvalue weighted by Crippen LogP contribution is 2.26. The summed E-state index contributed by atoms with van der Waals surface area (Å²) < 4.78 is 0. The van der Waals surface area contributed by atoms with Gasteiger partial charge in [0.25, 0.3) is 0 Å². The van der Waals surface area contributed by atoms with Crippen LogP contribution < -0.4 is 0 Å². The SMILES string of the molecule is C1CCC1.C1CCC1.CC.CC.CC.CC.CC.CC.CC1CC1. The van der Waals surface area contributed by atoms with Gasteiger partial charge in [0.2, 0.25) is 0 Å². The van der Waals surface area contributed by atoms with Crippen molar-refractivity contribution in [3.8, 4) is 0 Å². The Bertz CT molecular complexity index is 68.2. The second-order valence-electron chi connectivity index (χ2n) is 4.51. The summed E-state index contributed by atoms with van der Waals surface area (Å²) in [5, 5.41) is 0. The lowest BCUT2D eigenvalue weighted by Crippen LogP contribution is -1.85. The van der Waals surface area contributed by atoms with E-state index in [9.17, 15) is 0 Å². The molecule has 0 heterocycles. The van der Waals surface area contributed by atoms with Gasteiger partial charge >= 0.3 is 0 Å². The predicted octanol–water partition coefficient (Wildman–Crippen LogP) is 10.7. The molecule has 0 amide bonds. The van der Waals surface area contributed by atoms with Crippen LogP contribution in [0.4, 0.5) is 0 Å². The molecule has 3 fully saturated rings. The molecule has 0 nitrogen and oxygen atoms in total. The largest absolute Gasteiger partial charge is 0.0683 e. The molecular formula is C24H60. The summed E-state index contributed by atoms with van der Waals surface area (Å²) in [7, 11) is 0. The van der Waals surface area contributed by atoms with Crippen LogP contribution in [0.5, 0.6) is 0 Å². The Labute approximate surface area is 160 Å². The van der Waals surface area contributed by atoms with E-state index in [4.69, 9.17) is 0 Å². The highest BCUT2D eigenvalue weighted by Gasteiger charge is 2.12. The first-order chi connectivity index (χ1) is 11.9. The van der Waals surface area contributed by atoms with Crippen molar-refractivity contribution >= 4 is 0 Å².